The zero-order chi connectivity index (χ0) is 13.3. The fraction of sp³-hybridized carbons (Fsp3) is 0.500. The number of nitrogens with one attached hydrogen (secondary N) is 1. The lowest BCUT2D eigenvalue weighted by Crippen LogP contribution is -2.58. The summed E-state index contributed by atoms with van der Waals surface area (Å²) in [6.07, 6.45) is 0. The number of phenolic OH excluding ortho intramolecular Hbond substituents is 1. The van der Waals surface area contributed by atoms with Crippen molar-refractivity contribution in [1.82, 2.24) is 10.2 Å². The molecule has 0 aromatic heterocycles. The molecule has 4 heteroatoms. The van der Waals surface area contributed by atoms with E-state index in [9.17, 15) is 9.90 Å². The maximum absolute atomic E-state index is 12.4. The Labute approximate surface area is 108 Å². The monoisotopic (exact) mass is 248 g/mol. The van der Waals surface area contributed by atoms with Crippen LogP contribution in [0.3, 0.4) is 0 Å². The smallest absolute Gasteiger partial charge is 0.254 e. The predicted molar refractivity (Wildman–Crippen MR) is 70.8 cm³/mol. The predicted octanol–water partition coefficient (Wildman–Crippen LogP) is 1.52. The second-order valence-electron chi connectivity index (χ2n) is 5.49. The van der Waals surface area contributed by atoms with Crippen molar-refractivity contribution in [2.45, 2.75) is 26.3 Å². The molecule has 18 heavy (non-hydrogen) atoms. The molecule has 0 radical (unpaired) electrons. The van der Waals surface area contributed by atoms with Crippen molar-refractivity contribution in [3.8, 4) is 5.75 Å². The highest BCUT2D eigenvalue weighted by atomic mass is 16.3. The van der Waals surface area contributed by atoms with E-state index in [0.717, 1.165) is 6.54 Å². The van der Waals surface area contributed by atoms with Gasteiger partial charge in [-0.3, -0.25) is 4.79 Å². The van der Waals surface area contributed by atoms with E-state index in [1.807, 2.05) is 4.90 Å². The Balaban J connectivity index is 2.23. The van der Waals surface area contributed by atoms with Gasteiger partial charge in [-0.25, -0.2) is 0 Å². The molecule has 1 aliphatic rings. The van der Waals surface area contributed by atoms with Gasteiger partial charge in [0.2, 0.25) is 0 Å². The number of rotatable bonds is 1. The summed E-state index contributed by atoms with van der Waals surface area (Å²) in [5.41, 5.74) is 1.19. The lowest BCUT2D eigenvalue weighted by atomic mass is 10.00. The topological polar surface area (TPSA) is 52.6 Å². The van der Waals surface area contributed by atoms with E-state index in [2.05, 4.69) is 19.2 Å². The number of aromatic hydroxyl groups is 1. The zero-order valence-electron chi connectivity index (χ0n) is 11.2. The molecule has 0 atom stereocenters. The second kappa shape index (κ2) is 4.61. The first-order valence-electron chi connectivity index (χ1n) is 6.23. The number of nitrogens with zero attached hydrogens (tertiary/aromatic N) is 1. The van der Waals surface area contributed by atoms with E-state index in [1.54, 1.807) is 25.1 Å². The number of benzene rings is 1. The van der Waals surface area contributed by atoms with Crippen LogP contribution in [0.15, 0.2) is 18.2 Å². The van der Waals surface area contributed by atoms with E-state index in [1.165, 1.54) is 0 Å². The van der Waals surface area contributed by atoms with Crippen LogP contribution in [-0.2, 0) is 0 Å². The number of hydrogen-bond acceptors (Lipinski definition) is 3. The van der Waals surface area contributed by atoms with Gasteiger partial charge in [-0.05, 0) is 32.9 Å². The first kappa shape index (κ1) is 12.9. The van der Waals surface area contributed by atoms with Gasteiger partial charge in [0.05, 0.1) is 0 Å². The molecular weight excluding hydrogens is 228 g/mol. The molecule has 0 unspecified atom stereocenters. The highest BCUT2D eigenvalue weighted by molar-refractivity contribution is 5.96. The van der Waals surface area contributed by atoms with Gasteiger partial charge in [-0.1, -0.05) is 6.07 Å². The average molecular weight is 248 g/mol. The lowest BCUT2D eigenvalue weighted by molar-refractivity contribution is 0.0651. The first-order valence-corrected chi connectivity index (χ1v) is 6.23. The van der Waals surface area contributed by atoms with Crippen LogP contribution in [0.5, 0.6) is 5.75 Å². The Bertz CT molecular complexity index is 469. The zero-order valence-corrected chi connectivity index (χ0v) is 11.2. The molecule has 1 aromatic rings. The molecule has 98 valence electrons. The third-order valence-electron chi connectivity index (χ3n) is 3.39. The summed E-state index contributed by atoms with van der Waals surface area (Å²) in [5, 5.41) is 13.0. The van der Waals surface area contributed by atoms with Crippen LogP contribution in [0, 0.1) is 6.92 Å². The van der Waals surface area contributed by atoms with Crippen LogP contribution in [0.2, 0.25) is 0 Å². The molecule has 2 N–H and O–H groups in total. The van der Waals surface area contributed by atoms with Crippen molar-refractivity contribution in [2.24, 2.45) is 0 Å². The largest absolute Gasteiger partial charge is 0.508 e. The van der Waals surface area contributed by atoms with Crippen molar-refractivity contribution >= 4 is 5.91 Å². The molecule has 0 aliphatic carbocycles. The first-order chi connectivity index (χ1) is 8.41. The Hall–Kier alpha value is -1.55. The van der Waals surface area contributed by atoms with Crippen LogP contribution >= 0.6 is 0 Å². The molecule has 0 saturated carbocycles. The van der Waals surface area contributed by atoms with Gasteiger partial charge in [-0.15, -0.1) is 0 Å². The summed E-state index contributed by atoms with van der Waals surface area (Å²) in [6.45, 7) is 8.13. The maximum Gasteiger partial charge on any atom is 0.254 e. The summed E-state index contributed by atoms with van der Waals surface area (Å²) in [4.78, 5) is 14.3. The van der Waals surface area contributed by atoms with Crippen molar-refractivity contribution in [3.63, 3.8) is 0 Å². The third kappa shape index (κ3) is 2.48. The van der Waals surface area contributed by atoms with Crippen LogP contribution in [0.25, 0.3) is 0 Å². The number of carbonyl (C=O) groups excluding carboxylic acids is 1. The van der Waals surface area contributed by atoms with Gasteiger partial charge in [0, 0.05) is 36.3 Å². The Morgan fingerprint density at radius 3 is 2.83 bits per heavy atom. The van der Waals surface area contributed by atoms with Crippen LogP contribution in [0.4, 0.5) is 0 Å². The lowest BCUT2D eigenvalue weighted by Gasteiger charge is -2.39. The minimum atomic E-state index is -0.0569. The SMILES string of the molecule is Cc1c(O)cccc1C(=O)N1CCNC(C)(C)C1. The van der Waals surface area contributed by atoms with Crippen molar-refractivity contribution in [3.05, 3.63) is 29.3 Å². The fourth-order valence-corrected chi connectivity index (χ4v) is 2.34. The Kier molecular flexibility index (Phi) is 3.30. The van der Waals surface area contributed by atoms with Gasteiger partial charge in [0.15, 0.2) is 0 Å². The summed E-state index contributed by atoms with van der Waals surface area (Å²) >= 11 is 0. The number of amides is 1. The van der Waals surface area contributed by atoms with Crippen molar-refractivity contribution in [2.75, 3.05) is 19.6 Å². The summed E-state index contributed by atoms with van der Waals surface area (Å²) < 4.78 is 0. The molecule has 1 saturated heterocycles. The molecule has 1 aliphatic heterocycles. The highest BCUT2D eigenvalue weighted by Gasteiger charge is 2.29. The summed E-state index contributed by atoms with van der Waals surface area (Å²) in [7, 11) is 0. The molecule has 0 bridgehead atoms. The van der Waals surface area contributed by atoms with Crippen LogP contribution in [-0.4, -0.2) is 41.1 Å². The molecule has 0 spiro atoms. The van der Waals surface area contributed by atoms with Gasteiger partial charge in [0.25, 0.3) is 5.91 Å². The second-order valence-corrected chi connectivity index (χ2v) is 5.49. The Morgan fingerprint density at radius 1 is 1.44 bits per heavy atom. The summed E-state index contributed by atoms with van der Waals surface area (Å²) in [5.74, 6) is 0.174. The van der Waals surface area contributed by atoms with Crippen molar-refractivity contribution < 1.29 is 9.90 Å². The highest BCUT2D eigenvalue weighted by Crippen LogP contribution is 2.22. The van der Waals surface area contributed by atoms with Crippen LogP contribution in [0.1, 0.15) is 29.8 Å². The van der Waals surface area contributed by atoms with E-state index in [4.69, 9.17) is 0 Å². The number of carbonyl (C=O) groups is 1. The molecule has 1 amide bonds. The van der Waals surface area contributed by atoms with Crippen LogP contribution < -0.4 is 5.32 Å². The summed E-state index contributed by atoms with van der Waals surface area (Å²) in [6, 6.07) is 5.09. The molecule has 1 heterocycles. The average Bonchev–Trinajstić information content (AvgIpc) is 2.30. The molecule has 1 aromatic carbocycles. The standard InChI is InChI=1S/C14H20N2O2/c1-10-11(5-4-6-12(10)17)13(18)16-8-7-15-14(2,3)9-16/h4-6,15,17H,7-9H2,1-3H3. The molecule has 1 fully saturated rings. The minimum absolute atomic E-state index is 0.00187. The van der Waals surface area contributed by atoms with E-state index < -0.39 is 0 Å². The fourth-order valence-electron chi connectivity index (χ4n) is 2.34. The van der Waals surface area contributed by atoms with Crippen molar-refractivity contribution in [1.29, 1.82) is 0 Å². The van der Waals surface area contributed by atoms with Gasteiger partial charge in [-0.2, -0.15) is 0 Å². The third-order valence-corrected chi connectivity index (χ3v) is 3.39. The number of hydrogen-bond donors (Lipinski definition) is 2. The van der Waals surface area contributed by atoms with Gasteiger partial charge in [0.1, 0.15) is 5.75 Å². The number of piperazine rings is 1. The van der Waals surface area contributed by atoms with Gasteiger partial charge < -0.3 is 15.3 Å². The maximum atomic E-state index is 12.4. The van der Waals surface area contributed by atoms with E-state index >= 15 is 0 Å². The normalized spacial score (nSPS) is 18.7. The molecule has 4 nitrogen and oxygen atoms in total. The Morgan fingerprint density at radius 2 is 2.17 bits per heavy atom. The minimum Gasteiger partial charge on any atom is -0.508 e. The van der Waals surface area contributed by atoms with Gasteiger partial charge >= 0.3 is 0 Å². The molecular formula is C14H20N2O2. The quantitative estimate of drug-likeness (QED) is 0.792. The van der Waals surface area contributed by atoms with E-state index in [-0.39, 0.29) is 17.2 Å². The van der Waals surface area contributed by atoms with E-state index in [0.29, 0.717) is 24.2 Å². The molecule has 2 rings (SSSR count). The number of phenols is 1.